The monoisotopic (exact) mass is 693 g/mol. The van der Waals surface area contributed by atoms with Gasteiger partial charge >= 0.3 is 11.9 Å². The first kappa shape index (κ1) is 46.3. The molecule has 7 heteroatoms. The van der Waals surface area contributed by atoms with Crippen molar-refractivity contribution in [3.8, 4) is 0 Å². The van der Waals surface area contributed by atoms with Gasteiger partial charge < -0.3 is 20.9 Å². The molecule has 0 aliphatic heterocycles. The molecule has 0 bridgehead atoms. The molecule has 0 saturated heterocycles. The number of nitrogens with two attached hydrogens (primary N) is 1. The van der Waals surface area contributed by atoms with Crippen molar-refractivity contribution in [2.24, 2.45) is 5.73 Å². The molecule has 0 fully saturated rings. The first-order chi connectivity index (χ1) is 24.4. The van der Waals surface area contributed by atoms with E-state index >= 15 is 0 Å². The summed E-state index contributed by atoms with van der Waals surface area (Å²) in [5.41, 5.74) is 5.47. The number of unbranched alkanes of at least 4 members (excludes halogenated alkanes) is 4. The highest BCUT2D eigenvalue weighted by Gasteiger charge is 2.18. The highest BCUT2D eigenvalue weighted by Crippen LogP contribution is 2.13. The summed E-state index contributed by atoms with van der Waals surface area (Å²) in [5.74, 6) is -1.45. The molecule has 280 valence electrons. The standard InChI is InChI=1S/C43H68N2O5/c1-3-5-7-9-11-13-14-15-16-17-18-19-20-21-23-25-31-37-42(47)50-39(33-28-24-22-12-10-8-6-4-2)34-29-26-27-30-36-41(46)45-40(43(48)49)35-32-38-44/h5-8,11-13,15-16,18-19,21-23,28,33,39-40H,3-4,9-10,14,17,20,24-27,29-32,34-38,44H2,1-2H3,(H,45,46)(H,48,49)/b7-5-,8-6-,13-11-,16-15-,19-18-,22-12-,23-21-,33-28-. The summed E-state index contributed by atoms with van der Waals surface area (Å²) in [6, 6.07) is -0.886. The summed E-state index contributed by atoms with van der Waals surface area (Å²) in [7, 11) is 0. The Hall–Kier alpha value is -3.71. The number of nitrogens with one attached hydrogen (secondary N) is 1. The third-order valence-corrected chi connectivity index (χ3v) is 7.63. The predicted octanol–water partition coefficient (Wildman–Crippen LogP) is 10.3. The van der Waals surface area contributed by atoms with E-state index in [0.29, 0.717) is 38.6 Å². The molecule has 0 heterocycles. The fourth-order valence-corrected chi connectivity index (χ4v) is 4.83. The van der Waals surface area contributed by atoms with Crippen LogP contribution in [-0.4, -0.2) is 41.6 Å². The number of aliphatic carboxylic acids is 1. The molecule has 0 aromatic heterocycles. The van der Waals surface area contributed by atoms with E-state index in [-0.39, 0.29) is 18.0 Å². The minimum absolute atomic E-state index is 0.175. The number of ether oxygens (including phenoxy) is 1. The zero-order valence-electron chi connectivity index (χ0n) is 31.2. The van der Waals surface area contributed by atoms with Gasteiger partial charge in [0.2, 0.25) is 5.91 Å². The number of hydrogen-bond donors (Lipinski definition) is 3. The molecule has 0 spiro atoms. The number of rotatable bonds is 32. The van der Waals surface area contributed by atoms with Gasteiger partial charge in [-0.2, -0.15) is 0 Å². The molecule has 0 aromatic rings. The molecular weight excluding hydrogens is 624 g/mol. The first-order valence-corrected chi connectivity index (χ1v) is 19.1. The Morgan fingerprint density at radius 2 is 1.10 bits per heavy atom. The van der Waals surface area contributed by atoms with E-state index < -0.39 is 12.0 Å². The molecule has 2 atom stereocenters. The fraction of sp³-hybridized carbons (Fsp3) is 0.558. The van der Waals surface area contributed by atoms with Gasteiger partial charge in [0.15, 0.2) is 0 Å². The lowest BCUT2D eigenvalue weighted by Gasteiger charge is -2.15. The Labute approximate surface area is 304 Å². The highest BCUT2D eigenvalue weighted by atomic mass is 16.5. The number of amides is 1. The maximum Gasteiger partial charge on any atom is 0.326 e. The van der Waals surface area contributed by atoms with Gasteiger partial charge in [0, 0.05) is 12.8 Å². The largest absolute Gasteiger partial charge is 0.480 e. The summed E-state index contributed by atoms with van der Waals surface area (Å²) in [5, 5.41) is 11.9. The molecule has 0 saturated carbocycles. The van der Waals surface area contributed by atoms with Crippen molar-refractivity contribution in [1.82, 2.24) is 5.32 Å². The van der Waals surface area contributed by atoms with Crippen molar-refractivity contribution < 1.29 is 24.2 Å². The summed E-state index contributed by atoms with van der Waals surface area (Å²) in [6.45, 7) is 4.66. The second-order valence-electron chi connectivity index (χ2n) is 12.2. The number of carboxylic acids is 1. The second kappa shape index (κ2) is 36.6. The molecule has 1 amide bonds. The fourth-order valence-electron chi connectivity index (χ4n) is 4.83. The maximum atomic E-state index is 12.6. The molecule has 50 heavy (non-hydrogen) atoms. The molecule has 0 aromatic carbocycles. The summed E-state index contributed by atoms with van der Waals surface area (Å²) < 4.78 is 5.84. The normalized spacial score (nSPS) is 13.8. The molecule has 7 nitrogen and oxygen atoms in total. The van der Waals surface area contributed by atoms with Gasteiger partial charge in [-0.25, -0.2) is 4.79 Å². The van der Waals surface area contributed by atoms with Gasteiger partial charge in [-0.05, 0) is 109 Å². The van der Waals surface area contributed by atoms with Crippen LogP contribution in [0, 0.1) is 0 Å². The van der Waals surface area contributed by atoms with E-state index in [1.54, 1.807) is 0 Å². The SMILES string of the molecule is CC/C=C\C/C=C\C/C=C\C/C=C\C/C=C\CCCC(=O)OC(/C=C\C/C=C\C/C=C\CC)CCCCCCC(=O)NC(CCCN)C(=O)O. The zero-order chi connectivity index (χ0) is 36.8. The van der Waals surface area contributed by atoms with E-state index in [1.165, 1.54) is 0 Å². The number of esters is 1. The Morgan fingerprint density at radius 1 is 0.600 bits per heavy atom. The molecule has 2 unspecified atom stereocenters. The van der Waals surface area contributed by atoms with Crippen molar-refractivity contribution in [2.75, 3.05) is 6.54 Å². The van der Waals surface area contributed by atoms with Gasteiger partial charge in [0.05, 0.1) is 0 Å². The molecule has 0 aliphatic carbocycles. The second-order valence-corrected chi connectivity index (χ2v) is 12.2. The smallest absolute Gasteiger partial charge is 0.326 e. The molecule has 4 N–H and O–H groups in total. The molecule has 0 radical (unpaired) electrons. The van der Waals surface area contributed by atoms with Gasteiger partial charge in [-0.3, -0.25) is 9.59 Å². The van der Waals surface area contributed by atoms with Gasteiger partial charge in [0.25, 0.3) is 0 Å². The summed E-state index contributed by atoms with van der Waals surface area (Å²) >= 11 is 0. The van der Waals surface area contributed by atoms with Crippen LogP contribution >= 0.6 is 0 Å². The van der Waals surface area contributed by atoms with Gasteiger partial charge in [-0.1, -0.05) is 118 Å². The van der Waals surface area contributed by atoms with Gasteiger partial charge in [-0.15, -0.1) is 0 Å². The zero-order valence-corrected chi connectivity index (χ0v) is 31.2. The van der Waals surface area contributed by atoms with E-state index in [9.17, 15) is 19.5 Å². The van der Waals surface area contributed by atoms with Crippen LogP contribution in [0.3, 0.4) is 0 Å². The number of carboxylic acid groups (broad SMARTS) is 1. The van der Waals surface area contributed by atoms with Crippen LogP contribution in [0.1, 0.15) is 136 Å². The number of allylic oxidation sites excluding steroid dienone is 15. The number of carbonyl (C=O) groups excluding carboxylic acids is 2. The van der Waals surface area contributed by atoms with Crippen LogP contribution in [0.15, 0.2) is 97.2 Å². The first-order valence-electron chi connectivity index (χ1n) is 19.1. The topological polar surface area (TPSA) is 119 Å². The van der Waals surface area contributed by atoms with Crippen molar-refractivity contribution in [2.45, 2.75) is 148 Å². The van der Waals surface area contributed by atoms with Crippen molar-refractivity contribution in [1.29, 1.82) is 0 Å². The molecule has 0 rings (SSSR count). The van der Waals surface area contributed by atoms with Crippen LogP contribution in [-0.2, 0) is 19.1 Å². The number of carbonyl (C=O) groups is 3. The van der Waals surface area contributed by atoms with E-state index in [4.69, 9.17) is 10.5 Å². The minimum Gasteiger partial charge on any atom is -0.480 e. The van der Waals surface area contributed by atoms with Crippen molar-refractivity contribution in [3.63, 3.8) is 0 Å². The maximum absolute atomic E-state index is 12.6. The molecule has 0 aliphatic rings. The average molecular weight is 693 g/mol. The molecular formula is C43H68N2O5. The minimum atomic E-state index is -1.03. The lowest BCUT2D eigenvalue weighted by Crippen LogP contribution is -2.40. The average Bonchev–Trinajstić information content (AvgIpc) is 3.10. The lowest BCUT2D eigenvalue weighted by molar-refractivity contribution is -0.147. The Morgan fingerprint density at radius 3 is 1.62 bits per heavy atom. The Balaban J connectivity index is 4.49. The summed E-state index contributed by atoms with van der Waals surface area (Å²) in [6.07, 6.45) is 49.0. The van der Waals surface area contributed by atoms with Crippen molar-refractivity contribution in [3.05, 3.63) is 97.2 Å². The third-order valence-electron chi connectivity index (χ3n) is 7.63. The third kappa shape index (κ3) is 32.8. The van der Waals surface area contributed by atoms with Crippen LogP contribution in [0.25, 0.3) is 0 Å². The van der Waals surface area contributed by atoms with Crippen molar-refractivity contribution >= 4 is 17.8 Å². The van der Waals surface area contributed by atoms with Crippen LogP contribution < -0.4 is 11.1 Å². The number of hydrogen-bond acceptors (Lipinski definition) is 5. The predicted molar refractivity (Wildman–Crippen MR) is 211 cm³/mol. The lowest BCUT2D eigenvalue weighted by atomic mass is 10.1. The van der Waals surface area contributed by atoms with E-state index in [1.807, 2.05) is 6.08 Å². The van der Waals surface area contributed by atoms with Crippen LogP contribution in [0.5, 0.6) is 0 Å². The van der Waals surface area contributed by atoms with Crippen LogP contribution in [0.2, 0.25) is 0 Å². The summed E-state index contributed by atoms with van der Waals surface area (Å²) in [4.78, 5) is 36.2. The van der Waals surface area contributed by atoms with Gasteiger partial charge in [0.1, 0.15) is 12.1 Å². The van der Waals surface area contributed by atoms with E-state index in [2.05, 4.69) is 110 Å². The van der Waals surface area contributed by atoms with E-state index in [0.717, 1.165) is 89.9 Å². The Bertz CT molecular complexity index is 1100. The quantitative estimate of drug-likeness (QED) is 0.0367. The van der Waals surface area contributed by atoms with Crippen LogP contribution in [0.4, 0.5) is 0 Å². The Kier molecular flexibility index (Phi) is 33.9. The highest BCUT2D eigenvalue weighted by molar-refractivity contribution is 5.83.